The van der Waals surface area contributed by atoms with Crippen molar-refractivity contribution in [3.63, 3.8) is 0 Å². The first kappa shape index (κ1) is 13.9. The van der Waals surface area contributed by atoms with E-state index in [0.717, 1.165) is 15.8 Å². The first-order chi connectivity index (χ1) is 9.13. The van der Waals surface area contributed by atoms with Crippen LogP contribution in [0.2, 0.25) is 0 Å². The molecule has 3 N–H and O–H groups in total. The maximum atomic E-state index is 5.62. The van der Waals surface area contributed by atoms with Gasteiger partial charge in [0, 0.05) is 16.5 Å². The Morgan fingerprint density at radius 3 is 2.89 bits per heavy atom. The molecule has 19 heavy (non-hydrogen) atoms. The number of halogens is 1. The molecule has 0 spiro atoms. The van der Waals surface area contributed by atoms with Crippen LogP contribution in [0.25, 0.3) is 0 Å². The standard InChI is InChI=1S/C11H15BrN6O/c1-18-16-11(15-17-18)6-9(14-13)8-4-3-7(12)5-10(8)19-2/h3-5,9,14H,6,13H2,1-2H3. The van der Waals surface area contributed by atoms with Gasteiger partial charge in [0.25, 0.3) is 0 Å². The van der Waals surface area contributed by atoms with Gasteiger partial charge in [-0.1, -0.05) is 22.0 Å². The van der Waals surface area contributed by atoms with Crippen LogP contribution in [0, 0.1) is 0 Å². The fourth-order valence-corrected chi connectivity index (χ4v) is 2.16. The summed E-state index contributed by atoms with van der Waals surface area (Å²) in [5.41, 5.74) is 3.70. The number of hydrogen-bond acceptors (Lipinski definition) is 6. The molecule has 0 aliphatic carbocycles. The number of hydrazine groups is 1. The van der Waals surface area contributed by atoms with Gasteiger partial charge in [-0.3, -0.25) is 11.3 Å². The number of rotatable bonds is 5. The summed E-state index contributed by atoms with van der Waals surface area (Å²) in [4.78, 5) is 1.42. The van der Waals surface area contributed by atoms with Gasteiger partial charge in [-0.15, -0.1) is 10.2 Å². The molecule has 7 nitrogen and oxygen atoms in total. The van der Waals surface area contributed by atoms with Crippen LogP contribution in [0.4, 0.5) is 0 Å². The zero-order valence-corrected chi connectivity index (χ0v) is 12.3. The number of nitrogens with two attached hydrogens (primary N) is 1. The summed E-state index contributed by atoms with van der Waals surface area (Å²) in [6.45, 7) is 0. The molecular formula is C11H15BrN6O. The van der Waals surface area contributed by atoms with Crippen molar-refractivity contribution >= 4 is 15.9 Å². The van der Waals surface area contributed by atoms with E-state index in [1.165, 1.54) is 4.80 Å². The third kappa shape index (κ3) is 3.28. The van der Waals surface area contributed by atoms with E-state index >= 15 is 0 Å². The Kier molecular flexibility index (Phi) is 4.46. The third-order valence-electron chi connectivity index (χ3n) is 2.71. The lowest BCUT2D eigenvalue weighted by Gasteiger charge is -2.17. The number of nitrogens with one attached hydrogen (secondary N) is 1. The van der Waals surface area contributed by atoms with Crippen LogP contribution in [0.3, 0.4) is 0 Å². The van der Waals surface area contributed by atoms with Crippen LogP contribution in [0.1, 0.15) is 17.4 Å². The molecule has 1 heterocycles. The van der Waals surface area contributed by atoms with Crippen molar-refractivity contribution < 1.29 is 4.74 Å². The van der Waals surface area contributed by atoms with Gasteiger partial charge in [-0.2, -0.15) is 4.80 Å². The van der Waals surface area contributed by atoms with Crippen molar-refractivity contribution in [1.29, 1.82) is 0 Å². The van der Waals surface area contributed by atoms with Crippen molar-refractivity contribution in [3.05, 3.63) is 34.1 Å². The summed E-state index contributed by atoms with van der Waals surface area (Å²) < 4.78 is 6.31. The molecule has 0 saturated heterocycles. The quantitative estimate of drug-likeness (QED) is 0.621. The predicted molar refractivity (Wildman–Crippen MR) is 73.3 cm³/mol. The molecule has 0 bridgehead atoms. The Balaban J connectivity index is 2.26. The van der Waals surface area contributed by atoms with E-state index in [-0.39, 0.29) is 6.04 Å². The average molecular weight is 327 g/mol. The monoisotopic (exact) mass is 326 g/mol. The van der Waals surface area contributed by atoms with Gasteiger partial charge in [-0.25, -0.2) is 0 Å². The minimum absolute atomic E-state index is 0.146. The van der Waals surface area contributed by atoms with Gasteiger partial charge in [-0.05, 0) is 17.3 Å². The Hall–Kier alpha value is -1.51. The summed E-state index contributed by atoms with van der Waals surface area (Å²) >= 11 is 3.41. The number of nitrogens with zero attached hydrogens (tertiary/aromatic N) is 4. The molecule has 0 radical (unpaired) electrons. The predicted octanol–water partition coefficient (Wildman–Crippen LogP) is 0.728. The largest absolute Gasteiger partial charge is 0.496 e. The molecule has 2 aromatic rings. The van der Waals surface area contributed by atoms with E-state index in [1.807, 2.05) is 18.2 Å². The van der Waals surface area contributed by atoms with Crippen LogP contribution in [-0.2, 0) is 13.5 Å². The normalized spacial score (nSPS) is 12.4. The summed E-state index contributed by atoms with van der Waals surface area (Å²) in [7, 11) is 3.35. The number of hydrogen-bond donors (Lipinski definition) is 2. The number of tetrazole rings is 1. The van der Waals surface area contributed by atoms with Gasteiger partial charge in [0.1, 0.15) is 5.75 Å². The molecule has 1 atom stereocenters. The highest BCUT2D eigenvalue weighted by Crippen LogP contribution is 2.29. The Labute approximate surface area is 119 Å². The maximum Gasteiger partial charge on any atom is 0.176 e. The molecule has 0 aliphatic rings. The van der Waals surface area contributed by atoms with E-state index in [4.69, 9.17) is 10.6 Å². The second-order valence-electron chi connectivity index (χ2n) is 4.00. The molecule has 1 aromatic heterocycles. The first-order valence-corrected chi connectivity index (χ1v) is 6.45. The molecular weight excluding hydrogens is 312 g/mol. The van der Waals surface area contributed by atoms with Crippen LogP contribution in [0.5, 0.6) is 5.75 Å². The Morgan fingerprint density at radius 1 is 1.53 bits per heavy atom. The lowest BCUT2D eigenvalue weighted by atomic mass is 10.0. The number of methoxy groups -OCH3 is 1. The highest BCUT2D eigenvalue weighted by atomic mass is 79.9. The Morgan fingerprint density at radius 2 is 2.32 bits per heavy atom. The van der Waals surface area contributed by atoms with E-state index < -0.39 is 0 Å². The zero-order chi connectivity index (χ0) is 13.8. The Bertz CT molecular complexity index is 558. The van der Waals surface area contributed by atoms with E-state index in [2.05, 4.69) is 36.8 Å². The second-order valence-corrected chi connectivity index (χ2v) is 4.92. The molecule has 1 unspecified atom stereocenters. The fourth-order valence-electron chi connectivity index (χ4n) is 1.82. The van der Waals surface area contributed by atoms with Crippen LogP contribution >= 0.6 is 15.9 Å². The molecule has 1 aromatic carbocycles. The van der Waals surface area contributed by atoms with Crippen LogP contribution in [0.15, 0.2) is 22.7 Å². The smallest absolute Gasteiger partial charge is 0.176 e. The van der Waals surface area contributed by atoms with Crippen molar-refractivity contribution in [2.24, 2.45) is 12.9 Å². The topological polar surface area (TPSA) is 90.9 Å². The minimum atomic E-state index is -0.146. The maximum absolute atomic E-state index is 5.62. The zero-order valence-electron chi connectivity index (χ0n) is 10.7. The second kappa shape index (κ2) is 6.09. The molecule has 8 heteroatoms. The molecule has 0 saturated carbocycles. The van der Waals surface area contributed by atoms with Crippen LogP contribution in [-0.4, -0.2) is 27.3 Å². The lowest BCUT2D eigenvalue weighted by Crippen LogP contribution is -2.30. The van der Waals surface area contributed by atoms with Crippen molar-refractivity contribution in [2.45, 2.75) is 12.5 Å². The van der Waals surface area contributed by atoms with Crippen molar-refractivity contribution in [1.82, 2.24) is 25.6 Å². The number of benzene rings is 1. The van der Waals surface area contributed by atoms with Gasteiger partial charge in [0.2, 0.25) is 0 Å². The van der Waals surface area contributed by atoms with Crippen LogP contribution < -0.4 is 16.0 Å². The molecule has 2 rings (SSSR count). The van der Waals surface area contributed by atoms with E-state index in [0.29, 0.717) is 12.2 Å². The first-order valence-electron chi connectivity index (χ1n) is 5.66. The number of aryl methyl sites for hydroxylation is 1. The molecule has 0 aliphatic heterocycles. The number of aromatic nitrogens is 4. The SMILES string of the molecule is COc1cc(Br)ccc1C(Cc1nnn(C)n1)NN. The third-order valence-corrected chi connectivity index (χ3v) is 3.20. The lowest BCUT2D eigenvalue weighted by molar-refractivity contribution is 0.398. The molecule has 0 amide bonds. The summed E-state index contributed by atoms with van der Waals surface area (Å²) in [5, 5.41) is 11.9. The van der Waals surface area contributed by atoms with Gasteiger partial charge in [0.05, 0.1) is 20.2 Å². The highest BCUT2D eigenvalue weighted by molar-refractivity contribution is 9.10. The highest BCUT2D eigenvalue weighted by Gasteiger charge is 2.18. The van der Waals surface area contributed by atoms with Gasteiger partial charge >= 0.3 is 0 Å². The van der Waals surface area contributed by atoms with Crippen molar-refractivity contribution in [2.75, 3.05) is 7.11 Å². The summed E-state index contributed by atoms with van der Waals surface area (Å²) in [6, 6.07) is 5.63. The average Bonchev–Trinajstić information content (AvgIpc) is 2.81. The number of ether oxygens (including phenoxy) is 1. The fraction of sp³-hybridized carbons (Fsp3) is 0.364. The summed E-state index contributed by atoms with van der Waals surface area (Å²) in [5.74, 6) is 6.99. The van der Waals surface area contributed by atoms with Gasteiger partial charge < -0.3 is 4.74 Å². The van der Waals surface area contributed by atoms with E-state index in [9.17, 15) is 0 Å². The van der Waals surface area contributed by atoms with Crippen molar-refractivity contribution in [3.8, 4) is 5.75 Å². The minimum Gasteiger partial charge on any atom is -0.496 e. The molecule has 102 valence electrons. The summed E-state index contributed by atoms with van der Waals surface area (Å²) in [6.07, 6.45) is 0.530. The van der Waals surface area contributed by atoms with E-state index in [1.54, 1.807) is 14.2 Å². The van der Waals surface area contributed by atoms with Gasteiger partial charge in [0.15, 0.2) is 5.82 Å². The molecule has 0 fully saturated rings.